The van der Waals surface area contributed by atoms with Crippen molar-refractivity contribution in [1.82, 2.24) is 4.98 Å². The summed E-state index contributed by atoms with van der Waals surface area (Å²) in [6.07, 6.45) is 1.75. The zero-order valence-corrected chi connectivity index (χ0v) is 13.9. The molecule has 0 saturated carbocycles. The SMILES string of the molecule is O=C(Nc1cccc2ncccc12)C1CC(=O)N(c2ccccc2F)C1. The van der Waals surface area contributed by atoms with Gasteiger partial charge in [0.15, 0.2) is 0 Å². The molecule has 1 aromatic heterocycles. The van der Waals surface area contributed by atoms with Gasteiger partial charge >= 0.3 is 0 Å². The quantitative estimate of drug-likeness (QED) is 0.789. The molecule has 2 heterocycles. The molecule has 1 saturated heterocycles. The van der Waals surface area contributed by atoms with Gasteiger partial charge in [-0.05, 0) is 36.4 Å². The highest BCUT2D eigenvalue weighted by molar-refractivity contribution is 6.06. The molecule has 1 aliphatic heterocycles. The third kappa shape index (κ3) is 2.90. The molecule has 1 fully saturated rings. The molecular formula is C20H16FN3O2. The van der Waals surface area contributed by atoms with Gasteiger partial charge in [-0.25, -0.2) is 4.39 Å². The van der Waals surface area contributed by atoms with Crippen LogP contribution in [0.5, 0.6) is 0 Å². The number of pyridine rings is 1. The second-order valence-electron chi connectivity index (χ2n) is 6.22. The van der Waals surface area contributed by atoms with E-state index in [1.165, 1.54) is 11.0 Å². The topological polar surface area (TPSA) is 62.3 Å². The van der Waals surface area contributed by atoms with Crippen molar-refractivity contribution in [2.45, 2.75) is 6.42 Å². The predicted octanol–water partition coefficient (Wildman–Crippen LogP) is 3.37. The van der Waals surface area contributed by atoms with Crippen LogP contribution in [0.3, 0.4) is 0 Å². The Kier molecular flexibility index (Phi) is 4.08. The van der Waals surface area contributed by atoms with Crippen LogP contribution in [0.2, 0.25) is 0 Å². The van der Waals surface area contributed by atoms with Gasteiger partial charge in [0.25, 0.3) is 0 Å². The zero-order chi connectivity index (χ0) is 18.1. The number of hydrogen-bond acceptors (Lipinski definition) is 3. The molecule has 1 unspecified atom stereocenters. The van der Waals surface area contributed by atoms with Crippen molar-refractivity contribution < 1.29 is 14.0 Å². The Labute approximate surface area is 149 Å². The maximum absolute atomic E-state index is 14.0. The summed E-state index contributed by atoms with van der Waals surface area (Å²) in [4.78, 5) is 30.5. The number of aromatic nitrogens is 1. The van der Waals surface area contributed by atoms with E-state index in [1.54, 1.807) is 36.5 Å². The van der Waals surface area contributed by atoms with Gasteiger partial charge in [-0.3, -0.25) is 14.6 Å². The van der Waals surface area contributed by atoms with Gasteiger partial charge in [-0.15, -0.1) is 0 Å². The molecule has 0 aliphatic carbocycles. The Morgan fingerprint density at radius 1 is 1.12 bits per heavy atom. The van der Waals surface area contributed by atoms with Crippen LogP contribution in [0.4, 0.5) is 15.8 Å². The fraction of sp³-hybridized carbons (Fsp3) is 0.150. The molecule has 0 bridgehead atoms. The second-order valence-corrected chi connectivity index (χ2v) is 6.22. The highest BCUT2D eigenvalue weighted by Crippen LogP contribution is 2.29. The number of carbonyl (C=O) groups is 2. The number of hydrogen-bond donors (Lipinski definition) is 1. The molecular weight excluding hydrogens is 333 g/mol. The van der Waals surface area contributed by atoms with Crippen LogP contribution in [-0.2, 0) is 9.59 Å². The lowest BCUT2D eigenvalue weighted by Crippen LogP contribution is -2.28. The number of nitrogens with one attached hydrogen (secondary N) is 1. The van der Waals surface area contributed by atoms with Crippen molar-refractivity contribution in [1.29, 1.82) is 0 Å². The van der Waals surface area contributed by atoms with E-state index < -0.39 is 11.7 Å². The molecule has 1 atom stereocenters. The minimum atomic E-state index is -0.533. The first kappa shape index (κ1) is 16.2. The number of anilines is 2. The average Bonchev–Trinajstić information content (AvgIpc) is 3.04. The Hall–Kier alpha value is -3.28. The van der Waals surface area contributed by atoms with E-state index in [2.05, 4.69) is 10.3 Å². The largest absolute Gasteiger partial charge is 0.325 e. The molecule has 2 aromatic carbocycles. The van der Waals surface area contributed by atoms with Crippen molar-refractivity contribution in [2.24, 2.45) is 5.92 Å². The van der Waals surface area contributed by atoms with E-state index in [0.29, 0.717) is 5.69 Å². The van der Waals surface area contributed by atoms with E-state index in [-0.39, 0.29) is 30.5 Å². The second kappa shape index (κ2) is 6.55. The van der Waals surface area contributed by atoms with Crippen molar-refractivity contribution in [3.63, 3.8) is 0 Å². The number of halogens is 1. The van der Waals surface area contributed by atoms with Crippen LogP contribution < -0.4 is 10.2 Å². The van der Waals surface area contributed by atoms with Crippen LogP contribution in [0.1, 0.15) is 6.42 Å². The van der Waals surface area contributed by atoms with Gasteiger partial charge in [0, 0.05) is 24.5 Å². The molecule has 3 aromatic rings. The molecule has 1 N–H and O–H groups in total. The lowest BCUT2D eigenvalue weighted by Gasteiger charge is -2.17. The Bertz CT molecular complexity index is 1000. The van der Waals surface area contributed by atoms with E-state index in [0.717, 1.165) is 10.9 Å². The third-order valence-corrected chi connectivity index (χ3v) is 4.54. The smallest absolute Gasteiger partial charge is 0.229 e. The maximum atomic E-state index is 14.0. The molecule has 2 amide bonds. The lowest BCUT2D eigenvalue weighted by molar-refractivity contribution is -0.122. The van der Waals surface area contributed by atoms with Crippen molar-refractivity contribution in [2.75, 3.05) is 16.8 Å². The van der Waals surface area contributed by atoms with Crippen molar-refractivity contribution in [3.05, 3.63) is 66.6 Å². The minimum absolute atomic E-state index is 0.0587. The van der Waals surface area contributed by atoms with E-state index in [9.17, 15) is 14.0 Å². The molecule has 1 aliphatic rings. The summed E-state index contributed by atoms with van der Waals surface area (Å²) in [6, 6.07) is 15.2. The first-order chi connectivity index (χ1) is 12.6. The molecule has 0 spiro atoms. The number of nitrogens with zero attached hydrogens (tertiary/aromatic N) is 2. The zero-order valence-electron chi connectivity index (χ0n) is 13.9. The van der Waals surface area contributed by atoms with Gasteiger partial charge in [0.1, 0.15) is 5.82 Å². The molecule has 5 nitrogen and oxygen atoms in total. The first-order valence-electron chi connectivity index (χ1n) is 8.33. The van der Waals surface area contributed by atoms with Crippen LogP contribution in [0, 0.1) is 11.7 Å². The summed E-state index contributed by atoms with van der Waals surface area (Å²) in [5, 5.41) is 3.71. The number of rotatable bonds is 3. The van der Waals surface area contributed by atoms with Crippen LogP contribution in [0.15, 0.2) is 60.8 Å². The number of carbonyl (C=O) groups excluding carboxylic acids is 2. The van der Waals surface area contributed by atoms with Gasteiger partial charge in [0.2, 0.25) is 11.8 Å². The van der Waals surface area contributed by atoms with E-state index in [1.807, 2.05) is 18.2 Å². The highest BCUT2D eigenvalue weighted by atomic mass is 19.1. The summed E-state index contributed by atoms with van der Waals surface area (Å²) < 4.78 is 14.0. The summed E-state index contributed by atoms with van der Waals surface area (Å²) in [6.45, 7) is 0.161. The van der Waals surface area contributed by atoms with Gasteiger partial charge in [-0.1, -0.05) is 18.2 Å². The minimum Gasteiger partial charge on any atom is -0.325 e. The summed E-state index contributed by atoms with van der Waals surface area (Å²) >= 11 is 0. The molecule has 0 radical (unpaired) electrons. The average molecular weight is 349 g/mol. The first-order valence-corrected chi connectivity index (χ1v) is 8.33. The predicted molar refractivity (Wildman–Crippen MR) is 97.2 cm³/mol. The summed E-state index contributed by atoms with van der Waals surface area (Å²) in [5.41, 5.74) is 1.64. The van der Waals surface area contributed by atoms with Gasteiger partial charge < -0.3 is 10.2 Å². The van der Waals surface area contributed by atoms with Gasteiger partial charge in [-0.2, -0.15) is 0 Å². The maximum Gasteiger partial charge on any atom is 0.229 e. The third-order valence-electron chi connectivity index (χ3n) is 4.54. The number of para-hydroxylation sites is 1. The van der Waals surface area contributed by atoms with Gasteiger partial charge in [0.05, 0.1) is 22.8 Å². The number of fused-ring (bicyclic) bond motifs is 1. The van der Waals surface area contributed by atoms with Crippen molar-refractivity contribution >= 4 is 34.1 Å². The van der Waals surface area contributed by atoms with Crippen LogP contribution in [-0.4, -0.2) is 23.3 Å². The number of amides is 2. The molecule has 4 rings (SSSR count). The summed E-state index contributed by atoms with van der Waals surface area (Å²) in [5.74, 6) is -1.51. The molecule has 26 heavy (non-hydrogen) atoms. The monoisotopic (exact) mass is 349 g/mol. The van der Waals surface area contributed by atoms with Crippen LogP contribution in [0.25, 0.3) is 10.9 Å². The Morgan fingerprint density at radius 2 is 1.96 bits per heavy atom. The van der Waals surface area contributed by atoms with E-state index in [4.69, 9.17) is 0 Å². The molecule has 6 heteroatoms. The summed E-state index contributed by atoms with van der Waals surface area (Å²) in [7, 11) is 0. The fourth-order valence-electron chi connectivity index (χ4n) is 3.23. The fourth-order valence-corrected chi connectivity index (χ4v) is 3.23. The number of benzene rings is 2. The standard InChI is InChI=1S/C20H16FN3O2/c21-15-6-1-2-9-18(15)24-12-13(11-19(24)25)20(26)23-17-8-3-7-16-14(17)5-4-10-22-16/h1-10,13H,11-12H2,(H,23,26). The van der Waals surface area contributed by atoms with Crippen molar-refractivity contribution in [3.8, 4) is 0 Å². The normalized spacial score (nSPS) is 16.9. The van der Waals surface area contributed by atoms with Crippen LogP contribution >= 0.6 is 0 Å². The molecule has 130 valence electrons. The van der Waals surface area contributed by atoms with E-state index >= 15 is 0 Å². The Balaban J connectivity index is 1.54. The highest BCUT2D eigenvalue weighted by Gasteiger charge is 2.36. The Morgan fingerprint density at radius 3 is 2.81 bits per heavy atom. The lowest BCUT2D eigenvalue weighted by atomic mass is 10.1.